The molecule has 0 amide bonds. The van der Waals surface area contributed by atoms with Crippen LogP contribution in [-0.2, 0) is 16.4 Å². The predicted octanol–water partition coefficient (Wildman–Crippen LogP) is 2.51. The van der Waals surface area contributed by atoms with Crippen LogP contribution in [0.3, 0.4) is 0 Å². The molecule has 1 N–H and O–H groups in total. The second-order valence-electron chi connectivity index (χ2n) is 4.68. The Morgan fingerprint density at radius 2 is 2.18 bits per heavy atom. The number of hydrogen-bond acceptors (Lipinski definition) is 5. The van der Waals surface area contributed by atoms with E-state index in [0.29, 0.717) is 19.4 Å². The number of nitrogens with one attached hydrogen (secondary N) is 1. The van der Waals surface area contributed by atoms with Gasteiger partial charge in [0, 0.05) is 30.1 Å². The maximum atomic E-state index is 13.3. The van der Waals surface area contributed by atoms with Crippen LogP contribution < -0.4 is 9.46 Å². The third kappa shape index (κ3) is 4.25. The lowest BCUT2D eigenvalue weighted by Crippen LogP contribution is -2.25. The Morgan fingerprint density at radius 3 is 2.82 bits per heavy atom. The van der Waals surface area contributed by atoms with Crippen LogP contribution in [0.15, 0.2) is 28.5 Å². The molecule has 0 saturated carbocycles. The van der Waals surface area contributed by atoms with E-state index in [2.05, 4.69) is 9.71 Å². The number of benzene rings is 1. The molecule has 2 aromatic rings. The van der Waals surface area contributed by atoms with Crippen molar-refractivity contribution in [2.75, 3.05) is 13.7 Å². The van der Waals surface area contributed by atoms with E-state index in [0.717, 1.165) is 16.8 Å². The first kappa shape index (κ1) is 16.9. The van der Waals surface area contributed by atoms with Gasteiger partial charge in [-0.2, -0.15) is 0 Å². The van der Waals surface area contributed by atoms with Crippen LogP contribution in [0.25, 0.3) is 0 Å². The van der Waals surface area contributed by atoms with Crippen LogP contribution in [0.1, 0.15) is 17.1 Å². The number of methoxy groups -OCH3 is 1. The van der Waals surface area contributed by atoms with Gasteiger partial charge in [0.25, 0.3) is 0 Å². The Morgan fingerprint density at radius 1 is 1.41 bits per heavy atom. The minimum absolute atomic E-state index is 0.0177. The fourth-order valence-corrected chi connectivity index (χ4v) is 3.76. The maximum absolute atomic E-state index is 13.3. The van der Waals surface area contributed by atoms with Gasteiger partial charge in [-0.25, -0.2) is 22.5 Å². The number of rotatable bonds is 7. The van der Waals surface area contributed by atoms with Gasteiger partial charge in [-0.05, 0) is 25.5 Å². The van der Waals surface area contributed by atoms with Crippen molar-refractivity contribution in [2.24, 2.45) is 0 Å². The molecule has 0 atom stereocenters. The van der Waals surface area contributed by atoms with E-state index < -0.39 is 15.8 Å². The summed E-state index contributed by atoms with van der Waals surface area (Å²) in [6.45, 7) is 2.21. The second kappa shape index (κ2) is 7.17. The lowest BCUT2D eigenvalue weighted by Gasteiger charge is -2.08. The highest BCUT2D eigenvalue weighted by Crippen LogP contribution is 2.21. The number of sulfonamides is 1. The summed E-state index contributed by atoms with van der Waals surface area (Å²) < 4.78 is 44.8. The molecule has 2 rings (SSSR count). The Bertz CT molecular complexity index is 744. The molecule has 0 bridgehead atoms. The van der Waals surface area contributed by atoms with Crippen molar-refractivity contribution in [3.8, 4) is 5.75 Å². The lowest BCUT2D eigenvalue weighted by atomic mass is 10.3. The molecule has 1 aromatic carbocycles. The predicted molar refractivity (Wildman–Crippen MR) is 83.3 cm³/mol. The summed E-state index contributed by atoms with van der Waals surface area (Å²) in [5, 5.41) is 2.95. The van der Waals surface area contributed by atoms with Crippen molar-refractivity contribution in [3.63, 3.8) is 0 Å². The Kier molecular flexibility index (Phi) is 5.49. The molecular formula is C14H17FN2O3S2. The zero-order valence-corrected chi connectivity index (χ0v) is 13.9. The van der Waals surface area contributed by atoms with Crippen molar-refractivity contribution in [3.05, 3.63) is 40.1 Å². The van der Waals surface area contributed by atoms with E-state index in [1.54, 1.807) is 11.3 Å². The van der Waals surface area contributed by atoms with Crippen LogP contribution in [0.2, 0.25) is 0 Å². The maximum Gasteiger partial charge on any atom is 0.240 e. The van der Waals surface area contributed by atoms with Crippen LogP contribution in [0, 0.1) is 12.7 Å². The fourth-order valence-electron chi connectivity index (χ4n) is 1.85. The van der Waals surface area contributed by atoms with Gasteiger partial charge < -0.3 is 4.74 Å². The number of ether oxygens (including phenoxy) is 1. The molecule has 1 heterocycles. The van der Waals surface area contributed by atoms with Crippen LogP contribution in [-0.4, -0.2) is 27.1 Å². The number of nitrogens with zero attached hydrogens (tertiary/aromatic N) is 1. The van der Waals surface area contributed by atoms with Gasteiger partial charge >= 0.3 is 0 Å². The standard InChI is InChI=1S/C14H17FN2O3S2/c1-10-9-21-14(17-10)4-3-7-16-22(18,19)11-5-6-12(15)13(8-11)20-2/h5-6,8-9,16H,3-4,7H2,1-2H3. The number of halogens is 1. The largest absolute Gasteiger partial charge is 0.494 e. The van der Waals surface area contributed by atoms with Crippen molar-refractivity contribution in [2.45, 2.75) is 24.7 Å². The first-order valence-electron chi connectivity index (χ1n) is 6.66. The number of aryl methyl sites for hydroxylation is 2. The molecule has 0 unspecified atom stereocenters. The van der Waals surface area contributed by atoms with Gasteiger partial charge in [-0.3, -0.25) is 0 Å². The molecule has 8 heteroatoms. The molecule has 120 valence electrons. The van der Waals surface area contributed by atoms with Gasteiger partial charge in [0.1, 0.15) is 0 Å². The summed E-state index contributed by atoms with van der Waals surface area (Å²) in [5.74, 6) is -0.693. The monoisotopic (exact) mass is 344 g/mol. The average Bonchev–Trinajstić information content (AvgIpc) is 2.89. The molecule has 0 aliphatic heterocycles. The van der Waals surface area contributed by atoms with Gasteiger partial charge in [0.2, 0.25) is 10.0 Å². The first-order valence-corrected chi connectivity index (χ1v) is 9.03. The molecule has 0 saturated heterocycles. The highest BCUT2D eigenvalue weighted by atomic mass is 32.2. The fraction of sp³-hybridized carbons (Fsp3) is 0.357. The van der Waals surface area contributed by atoms with Crippen molar-refractivity contribution in [1.29, 1.82) is 0 Å². The summed E-state index contributed by atoms with van der Waals surface area (Å²) in [6, 6.07) is 3.46. The minimum Gasteiger partial charge on any atom is -0.494 e. The molecule has 22 heavy (non-hydrogen) atoms. The summed E-state index contributed by atoms with van der Waals surface area (Å²) in [7, 11) is -2.38. The lowest BCUT2D eigenvalue weighted by molar-refractivity contribution is 0.385. The van der Waals surface area contributed by atoms with Crippen molar-refractivity contribution < 1.29 is 17.5 Å². The quantitative estimate of drug-likeness (QED) is 0.784. The highest BCUT2D eigenvalue weighted by Gasteiger charge is 2.16. The van der Waals surface area contributed by atoms with Crippen LogP contribution >= 0.6 is 11.3 Å². The molecule has 0 radical (unpaired) electrons. The van der Waals surface area contributed by atoms with E-state index >= 15 is 0 Å². The van der Waals surface area contributed by atoms with Crippen molar-refractivity contribution in [1.82, 2.24) is 9.71 Å². The molecule has 0 spiro atoms. The van der Waals surface area contributed by atoms with Gasteiger partial charge in [0.05, 0.1) is 17.0 Å². The van der Waals surface area contributed by atoms with Gasteiger partial charge in [-0.15, -0.1) is 11.3 Å². The van der Waals surface area contributed by atoms with E-state index in [1.165, 1.54) is 19.2 Å². The topological polar surface area (TPSA) is 68.3 Å². The third-order valence-electron chi connectivity index (χ3n) is 2.96. The van der Waals surface area contributed by atoms with Crippen LogP contribution in [0.5, 0.6) is 5.75 Å². The van der Waals surface area contributed by atoms with Crippen LogP contribution in [0.4, 0.5) is 4.39 Å². The number of thiazole rings is 1. The zero-order chi connectivity index (χ0) is 16.2. The number of hydrogen-bond donors (Lipinski definition) is 1. The summed E-state index contributed by atoms with van der Waals surface area (Å²) in [5.41, 5.74) is 0.971. The molecule has 0 aliphatic rings. The van der Waals surface area contributed by atoms with Gasteiger partial charge in [-0.1, -0.05) is 0 Å². The Balaban J connectivity index is 1.93. The highest BCUT2D eigenvalue weighted by molar-refractivity contribution is 7.89. The zero-order valence-electron chi connectivity index (χ0n) is 12.3. The molecular weight excluding hydrogens is 327 g/mol. The minimum atomic E-state index is -3.67. The van der Waals surface area contributed by atoms with Crippen molar-refractivity contribution >= 4 is 21.4 Å². The number of aromatic nitrogens is 1. The van der Waals surface area contributed by atoms with E-state index in [4.69, 9.17) is 4.74 Å². The van der Waals surface area contributed by atoms with E-state index in [1.807, 2.05) is 12.3 Å². The molecule has 0 aliphatic carbocycles. The second-order valence-corrected chi connectivity index (χ2v) is 7.39. The summed E-state index contributed by atoms with van der Waals surface area (Å²) >= 11 is 1.56. The first-order chi connectivity index (χ1) is 10.4. The third-order valence-corrected chi connectivity index (χ3v) is 5.44. The molecule has 1 aromatic heterocycles. The smallest absolute Gasteiger partial charge is 0.240 e. The summed E-state index contributed by atoms with van der Waals surface area (Å²) in [4.78, 5) is 4.30. The van der Waals surface area contributed by atoms with E-state index in [9.17, 15) is 12.8 Å². The van der Waals surface area contributed by atoms with Gasteiger partial charge in [0.15, 0.2) is 11.6 Å². The molecule has 0 fully saturated rings. The molecule has 5 nitrogen and oxygen atoms in total. The van der Waals surface area contributed by atoms with E-state index in [-0.39, 0.29) is 10.6 Å². The normalized spacial score (nSPS) is 11.6. The summed E-state index contributed by atoms with van der Waals surface area (Å²) in [6.07, 6.45) is 1.36. The Hall–Kier alpha value is -1.51. The average molecular weight is 344 g/mol. The Labute approximate surface area is 133 Å². The SMILES string of the molecule is COc1cc(S(=O)(=O)NCCCc2nc(C)cs2)ccc1F.